The molecule has 2 aliphatic heterocycles. The third-order valence-electron chi connectivity index (χ3n) is 4.66. The highest BCUT2D eigenvalue weighted by molar-refractivity contribution is 7.99. The van der Waals surface area contributed by atoms with Crippen LogP contribution in [0.3, 0.4) is 0 Å². The highest BCUT2D eigenvalue weighted by Gasteiger charge is 2.51. The number of Topliss-reactive ketones (excluding diaryl/α,β-unsaturated/α-hetero) is 1. The lowest BCUT2D eigenvalue weighted by Crippen LogP contribution is -2.62. The zero-order chi connectivity index (χ0) is 20.1. The van der Waals surface area contributed by atoms with Crippen LogP contribution in [0.4, 0.5) is 0 Å². The van der Waals surface area contributed by atoms with Gasteiger partial charge in [-0.25, -0.2) is 0 Å². The van der Waals surface area contributed by atoms with Crippen LogP contribution < -0.4 is 0 Å². The van der Waals surface area contributed by atoms with Crippen LogP contribution in [0.25, 0.3) is 0 Å². The number of ketones is 1. The van der Waals surface area contributed by atoms with E-state index in [9.17, 15) is 14.7 Å². The van der Waals surface area contributed by atoms with Crippen LogP contribution in [-0.4, -0.2) is 59.1 Å². The van der Waals surface area contributed by atoms with E-state index in [2.05, 4.69) is 0 Å². The second kappa shape index (κ2) is 9.84. The molecule has 28 heavy (non-hydrogen) atoms. The minimum absolute atomic E-state index is 0.0211. The molecular weight excluding hydrogens is 384 g/mol. The second-order valence-corrected chi connectivity index (χ2v) is 8.20. The molecule has 0 bridgehead atoms. The molecule has 2 heterocycles. The molecule has 7 nitrogen and oxygen atoms in total. The minimum Gasteiger partial charge on any atom is -0.456 e. The molecule has 0 aliphatic carbocycles. The van der Waals surface area contributed by atoms with E-state index in [4.69, 9.17) is 18.9 Å². The number of rotatable bonds is 7. The number of aliphatic hydroxyl groups excluding tert-OH is 1. The van der Waals surface area contributed by atoms with Crippen LogP contribution in [0.2, 0.25) is 0 Å². The van der Waals surface area contributed by atoms with Crippen LogP contribution in [0.15, 0.2) is 30.3 Å². The summed E-state index contributed by atoms with van der Waals surface area (Å²) in [4.78, 5) is 23.3. The molecule has 6 atom stereocenters. The molecule has 0 radical (unpaired) electrons. The first kappa shape index (κ1) is 21.3. The number of ether oxygens (including phenoxy) is 4. The van der Waals surface area contributed by atoms with Gasteiger partial charge in [0.2, 0.25) is 0 Å². The maximum absolute atomic E-state index is 12.1. The summed E-state index contributed by atoms with van der Waals surface area (Å²) < 4.78 is 23.3. The van der Waals surface area contributed by atoms with Crippen molar-refractivity contribution < 1.29 is 33.6 Å². The van der Waals surface area contributed by atoms with Gasteiger partial charge in [0, 0.05) is 12.0 Å². The summed E-state index contributed by atoms with van der Waals surface area (Å²) in [5.41, 5.74) is 0.316. The first-order valence-corrected chi connectivity index (χ1v) is 10.5. The molecule has 1 aromatic carbocycles. The summed E-state index contributed by atoms with van der Waals surface area (Å²) in [5.74, 6) is 0.107. The number of benzene rings is 1. The Morgan fingerprint density at radius 1 is 1.21 bits per heavy atom. The highest BCUT2D eigenvalue weighted by Crippen LogP contribution is 2.37. The molecule has 1 N–H and O–H groups in total. The molecule has 2 saturated heterocycles. The number of aliphatic hydroxyl groups is 1. The van der Waals surface area contributed by atoms with Gasteiger partial charge in [0.1, 0.15) is 29.5 Å². The van der Waals surface area contributed by atoms with Crippen LogP contribution in [0.1, 0.15) is 38.5 Å². The standard InChI is InChI=1S/C20H26O7S/c1-3-28-20-18(26-15(22)10-9-12(2)21)16(23)17-14(25-20)11-24-19(27-17)13-7-5-4-6-8-13/h4-8,14,16-20,23H,3,9-11H2,1-2H3/t14-,16+,17-,18-,19+,20+/m1/s1. The summed E-state index contributed by atoms with van der Waals surface area (Å²) >= 11 is 1.45. The zero-order valence-corrected chi connectivity index (χ0v) is 16.8. The molecule has 2 aliphatic rings. The SMILES string of the molecule is CCS[C@@H]1O[C@@H]2CO[C@H](c3ccccc3)O[C@H]2[C@H](O)[C@H]1OC(=O)CCC(C)=O. The third kappa shape index (κ3) is 5.12. The fourth-order valence-corrected chi connectivity index (χ4v) is 4.21. The topological polar surface area (TPSA) is 91.3 Å². The summed E-state index contributed by atoms with van der Waals surface area (Å²) in [6.07, 6.45) is -3.60. The van der Waals surface area contributed by atoms with Gasteiger partial charge in [-0.1, -0.05) is 37.3 Å². The quantitative estimate of drug-likeness (QED) is 0.685. The fraction of sp³-hybridized carbons (Fsp3) is 0.600. The smallest absolute Gasteiger partial charge is 0.306 e. The Bertz CT molecular complexity index is 668. The lowest BCUT2D eigenvalue weighted by Gasteiger charge is -2.47. The normalized spacial score (nSPS) is 32.4. The molecule has 1 aromatic rings. The first-order chi connectivity index (χ1) is 13.5. The van der Waals surface area contributed by atoms with Crippen LogP contribution in [0.5, 0.6) is 0 Å². The minimum atomic E-state index is -1.06. The van der Waals surface area contributed by atoms with Gasteiger partial charge in [-0.05, 0) is 12.7 Å². The molecule has 0 unspecified atom stereocenters. The van der Waals surface area contributed by atoms with E-state index in [-0.39, 0.29) is 25.2 Å². The number of thioether (sulfide) groups is 1. The van der Waals surface area contributed by atoms with Gasteiger partial charge in [-0.3, -0.25) is 4.79 Å². The summed E-state index contributed by atoms with van der Waals surface area (Å²) in [5, 5.41) is 10.9. The van der Waals surface area contributed by atoms with Gasteiger partial charge in [0.25, 0.3) is 0 Å². The lowest BCUT2D eigenvalue weighted by molar-refractivity contribution is -0.319. The Labute approximate surface area is 168 Å². The van der Waals surface area contributed by atoms with Gasteiger partial charge >= 0.3 is 5.97 Å². The number of carbonyl (C=O) groups is 2. The number of carbonyl (C=O) groups excluding carboxylic acids is 2. The van der Waals surface area contributed by atoms with Gasteiger partial charge in [-0.2, -0.15) is 0 Å². The van der Waals surface area contributed by atoms with E-state index in [1.807, 2.05) is 37.3 Å². The number of hydrogen-bond acceptors (Lipinski definition) is 8. The fourth-order valence-electron chi connectivity index (χ4n) is 3.26. The van der Waals surface area contributed by atoms with Crippen molar-refractivity contribution in [3.05, 3.63) is 35.9 Å². The first-order valence-electron chi connectivity index (χ1n) is 9.45. The van der Waals surface area contributed by atoms with E-state index in [0.717, 1.165) is 11.3 Å². The Kier molecular flexibility index (Phi) is 7.48. The maximum Gasteiger partial charge on any atom is 0.306 e. The van der Waals surface area contributed by atoms with Crippen LogP contribution in [-0.2, 0) is 28.5 Å². The molecule has 3 rings (SSSR count). The molecular formula is C20H26O7S. The molecule has 8 heteroatoms. The molecule has 0 saturated carbocycles. The zero-order valence-electron chi connectivity index (χ0n) is 16.0. The summed E-state index contributed by atoms with van der Waals surface area (Å²) in [6.45, 7) is 3.65. The molecule has 0 spiro atoms. The Hall–Kier alpha value is -1.45. The van der Waals surface area contributed by atoms with Gasteiger partial charge in [0.15, 0.2) is 12.4 Å². The summed E-state index contributed by atoms with van der Waals surface area (Å²) in [7, 11) is 0. The van der Waals surface area contributed by atoms with E-state index in [1.54, 1.807) is 0 Å². The Balaban J connectivity index is 1.70. The van der Waals surface area contributed by atoms with Crippen molar-refractivity contribution in [1.29, 1.82) is 0 Å². The average Bonchev–Trinajstić information content (AvgIpc) is 2.70. The van der Waals surface area contributed by atoms with Gasteiger partial charge in [0.05, 0.1) is 13.0 Å². The van der Waals surface area contributed by atoms with Crippen molar-refractivity contribution >= 4 is 23.5 Å². The van der Waals surface area contributed by atoms with Crippen molar-refractivity contribution in [2.45, 2.75) is 62.8 Å². The average molecular weight is 410 g/mol. The van der Waals surface area contributed by atoms with E-state index >= 15 is 0 Å². The van der Waals surface area contributed by atoms with E-state index in [1.165, 1.54) is 18.7 Å². The highest BCUT2D eigenvalue weighted by atomic mass is 32.2. The lowest BCUT2D eigenvalue weighted by atomic mass is 9.98. The Morgan fingerprint density at radius 2 is 1.96 bits per heavy atom. The molecule has 154 valence electrons. The predicted octanol–water partition coefficient (Wildman–Crippen LogP) is 2.22. The predicted molar refractivity (Wildman–Crippen MR) is 103 cm³/mol. The maximum atomic E-state index is 12.1. The third-order valence-corrected chi connectivity index (χ3v) is 5.70. The monoisotopic (exact) mass is 410 g/mol. The second-order valence-electron chi connectivity index (χ2n) is 6.82. The number of hydrogen-bond donors (Lipinski definition) is 1. The number of fused-ring (bicyclic) bond motifs is 1. The van der Waals surface area contributed by atoms with Gasteiger partial charge < -0.3 is 28.8 Å². The van der Waals surface area contributed by atoms with Crippen molar-refractivity contribution in [3.8, 4) is 0 Å². The Morgan fingerprint density at radius 3 is 2.64 bits per heavy atom. The molecule has 2 fully saturated rings. The largest absolute Gasteiger partial charge is 0.456 e. The van der Waals surface area contributed by atoms with Crippen LogP contribution >= 0.6 is 11.8 Å². The molecule has 0 aromatic heterocycles. The van der Waals surface area contributed by atoms with Crippen LogP contribution in [0, 0.1) is 0 Å². The summed E-state index contributed by atoms with van der Waals surface area (Å²) in [6, 6.07) is 9.44. The van der Waals surface area contributed by atoms with Crippen molar-refractivity contribution in [2.24, 2.45) is 0 Å². The van der Waals surface area contributed by atoms with Crippen molar-refractivity contribution in [3.63, 3.8) is 0 Å². The van der Waals surface area contributed by atoms with E-state index in [0.29, 0.717) is 0 Å². The number of esters is 1. The molecule has 0 amide bonds. The van der Waals surface area contributed by atoms with Crippen molar-refractivity contribution in [2.75, 3.05) is 12.4 Å². The van der Waals surface area contributed by atoms with Gasteiger partial charge in [-0.15, -0.1) is 11.8 Å². The van der Waals surface area contributed by atoms with Crippen molar-refractivity contribution in [1.82, 2.24) is 0 Å². The van der Waals surface area contributed by atoms with E-state index < -0.39 is 42.1 Å².